The lowest BCUT2D eigenvalue weighted by atomic mass is 9.82. The maximum Gasteiger partial charge on any atom is 0.419 e. The number of benzene rings is 1. The average molecular weight is 497 g/mol. The van der Waals surface area contributed by atoms with Crippen molar-refractivity contribution < 1.29 is 31.6 Å². The molecule has 35 heavy (non-hydrogen) atoms. The summed E-state index contributed by atoms with van der Waals surface area (Å²) in [7, 11) is 0. The molecule has 1 aliphatic heterocycles. The number of halogens is 5. The van der Waals surface area contributed by atoms with Gasteiger partial charge < -0.3 is 15.5 Å². The highest BCUT2D eigenvalue weighted by molar-refractivity contribution is 5.93. The summed E-state index contributed by atoms with van der Waals surface area (Å²) < 4.78 is 66.5. The van der Waals surface area contributed by atoms with Crippen molar-refractivity contribution in [2.45, 2.75) is 56.7 Å². The molecule has 12 heteroatoms. The molecule has 0 spiro atoms. The maximum atomic E-state index is 14.4. The van der Waals surface area contributed by atoms with Crippen LogP contribution in [0.1, 0.15) is 65.9 Å². The lowest BCUT2D eigenvalue weighted by Crippen LogP contribution is -2.37. The molecule has 1 aliphatic carbocycles. The number of aromatic nitrogens is 2. The van der Waals surface area contributed by atoms with Crippen molar-refractivity contribution in [3.63, 3.8) is 0 Å². The second kappa shape index (κ2) is 10.1. The zero-order chi connectivity index (χ0) is 25.2. The number of piperidine rings is 1. The Kier molecular flexibility index (Phi) is 7.18. The second-order valence-corrected chi connectivity index (χ2v) is 8.71. The van der Waals surface area contributed by atoms with Gasteiger partial charge in [-0.3, -0.25) is 4.79 Å². The van der Waals surface area contributed by atoms with Gasteiger partial charge in [-0.05, 0) is 49.3 Å². The highest BCUT2D eigenvalue weighted by Crippen LogP contribution is 2.34. The van der Waals surface area contributed by atoms with E-state index in [1.165, 1.54) is 0 Å². The van der Waals surface area contributed by atoms with Crippen LogP contribution in [0.2, 0.25) is 0 Å². The lowest BCUT2D eigenvalue weighted by Gasteiger charge is -2.31. The van der Waals surface area contributed by atoms with Gasteiger partial charge in [0, 0.05) is 38.3 Å². The quantitative estimate of drug-likeness (QED) is 0.483. The van der Waals surface area contributed by atoms with Crippen molar-refractivity contribution >= 4 is 17.6 Å². The summed E-state index contributed by atoms with van der Waals surface area (Å²) in [5, 5.41) is 4.26. The third-order valence-corrected chi connectivity index (χ3v) is 6.38. The minimum absolute atomic E-state index is 0.140. The molecule has 2 aromatic rings. The average Bonchev–Trinajstić information content (AvgIpc) is 2.84. The second-order valence-electron chi connectivity index (χ2n) is 8.71. The summed E-state index contributed by atoms with van der Waals surface area (Å²) in [6, 6.07) is 1.90. The molecule has 4 rings (SSSR count). The van der Waals surface area contributed by atoms with Gasteiger partial charge in [0.1, 0.15) is 17.7 Å². The highest BCUT2D eigenvalue weighted by atomic mass is 19.4. The molecule has 1 aromatic carbocycles. The first-order valence-electron chi connectivity index (χ1n) is 11.3. The van der Waals surface area contributed by atoms with E-state index in [1.54, 1.807) is 4.90 Å². The molecule has 0 unspecified atom stereocenters. The molecule has 2 heterocycles. The van der Waals surface area contributed by atoms with Crippen LogP contribution in [0.4, 0.5) is 27.9 Å². The first-order chi connectivity index (χ1) is 16.6. The Morgan fingerprint density at radius 1 is 1.03 bits per heavy atom. The largest absolute Gasteiger partial charge is 0.419 e. The fraction of sp³-hybridized carbons (Fsp3) is 0.478. The summed E-state index contributed by atoms with van der Waals surface area (Å²) in [6.45, 7) is 1.05. The van der Waals surface area contributed by atoms with Crippen molar-refractivity contribution in [3.05, 3.63) is 52.9 Å². The molecule has 1 amide bonds. The third kappa shape index (κ3) is 5.85. The number of oxime groups is 1. The van der Waals surface area contributed by atoms with Crippen molar-refractivity contribution in [2.24, 2.45) is 10.9 Å². The van der Waals surface area contributed by atoms with E-state index in [4.69, 9.17) is 10.6 Å². The van der Waals surface area contributed by atoms with E-state index in [1.807, 2.05) is 0 Å². The fourth-order valence-corrected chi connectivity index (χ4v) is 4.36. The normalized spacial score (nSPS) is 19.5. The number of alkyl halides is 3. The predicted octanol–water partition coefficient (Wildman–Crippen LogP) is 4.57. The van der Waals surface area contributed by atoms with Crippen LogP contribution in [0.15, 0.2) is 29.7 Å². The van der Waals surface area contributed by atoms with Crippen molar-refractivity contribution in [1.29, 1.82) is 0 Å². The Bertz CT molecular complexity index is 1090. The van der Waals surface area contributed by atoms with E-state index >= 15 is 0 Å². The monoisotopic (exact) mass is 497 g/mol. The van der Waals surface area contributed by atoms with Crippen LogP contribution < -0.4 is 10.6 Å². The summed E-state index contributed by atoms with van der Waals surface area (Å²) in [6.07, 6.45) is 0.441. The molecule has 0 atom stereocenters. The molecule has 2 aliphatic rings. The van der Waals surface area contributed by atoms with Crippen molar-refractivity contribution in [3.8, 4) is 0 Å². The van der Waals surface area contributed by atoms with E-state index in [0.717, 1.165) is 30.2 Å². The number of amides is 1. The number of nitrogens with two attached hydrogens (primary N) is 1. The standard InChI is InChI=1S/C23H24F5N5O2/c24-19-10-18(21(29)34)20(25)9-17(19)13-1-3-15(4-2-13)32-35-16-5-7-33(8-6-16)22-30-11-14(12-31-22)23(26,27)28/h9-13,16H,1-8H2,(H2,29,34). The summed E-state index contributed by atoms with van der Waals surface area (Å²) in [5.74, 6) is -2.44. The van der Waals surface area contributed by atoms with Gasteiger partial charge in [0.25, 0.3) is 5.91 Å². The van der Waals surface area contributed by atoms with Crippen LogP contribution in [-0.4, -0.2) is 40.8 Å². The number of rotatable bonds is 5. The van der Waals surface area contributed by atoms with E-state index in [9.17, 15) is 26.7 Å². The summed E-state index contributed by atoms with van der Waals surface area (Å²) >= 11 is 0. The molecule has 0 bridgehead atoms. The smallest absolute Gasteiger partial charge is 0.392 e. The topological polar surface area (TPSA) is 93.7 Å². The van der Waals surface area contributed by atoms with Gasteiger partial charge in [-0.1, -0.05) is 5.16 Å². The number of primary amides is 1. The molecular formula is C23H24F5N5O2. The Labute approximate surface area is 198 Å². The van der Waals surface area contributed by atoms with E-state index in [2.05, 4.69) is 15.1 Å². The van der Waals surface area contributed by atoms with E-state index < -0.39 is 34.8 Å². The van der Waals surface area contributed by atoms with Crippen LogP contribution >= 0.6 is 0 Å². The van der Waals surface area contributed by atoms with Gasteiger partial charge >= 0.3 is 6.18 Å². The summed E-state index contributed by atoms with van der Waals surface area (Å²) in [5.41, 5.74) is 4.77. The molecule has 2 N–H and O–H groups in total. The van der Waals surface area contributed by atoms with Crippen LogP contribution in [0.3, 0.4) is 0 Å². The maximum absolute atomic E-state index is 14.4. The number of anilines is 1. The SMILES string of the molecule is NC(=O)c1cc(F)c(C2CCC(=NOC3CCN(c4ncc(C(F)(F)F)cn4)CC3)CC2)cc1F. The van der Waals surface area contributed by atoms with Crippen LogP contribution in [0, 0.1) is 11.6 Å². The van der Waals surface area contributed by atoms with Gasteiger partial charge in [0.15, 0.2) is 0 Å². The molecule has 1 saturated carbocycles. The van der Waals surface area contributed by atoms with Crippen molar-refractivity contribution in [1.82, 2.24) is 9.97 Å². The minimum Gasteiger partial charge on any atom is -0.392 e. The van der Waals surface area contributed by atoms with Crippen LogP contribution in [0.25, 0.3) is 0 Å². The van der Waals surface area contributed by atoms with E-state index in [-0.39, 0.29) is 23.5 Å². The third-order valence-electron chi connectivity index (χ3n) is 6.38. The van der Waals surface area contributed by atoms with Gasteiger partial charge in [0.2, 0.25) is 5.95 Å². The molecular weight excluding hydrogens is 473 g/mol. The number of hydrogen-bond donors (Lipinski definition) is 1. The molecule has 2 fully saturated rings. The zero-order valence-electron chi connectivity index (χ0n) is 18.7. The molecule has 0 radical (unpaired) electrons. The van der Waals surface area contributed by atoms with Gasteiger partial charge in [-0.15, -0.1) is 0 Å². The van der Waals surface area contributed by atoms with Gasteiger partial charge in [-0.25, -0.2) is 18.7 Å². The molecule has 1 aromatic heterocycles. The number of carbonyl (C=O) groups excluding carboxylic acids is 1. The molecule has 188 valence electrons. The van der Waals surface area contributed by atoms with Crippen LogP contribution in [0.5, 0.6) is 0 Å². The number of hydrogen-bond acceptors (Lipinski definition) is 6. The Morgan fingerprint density at radius 3 is 2.23 bits per heavy atom. The minimum atomic E-state index is -4.47. The number of carbonyl (C=O) groups is 1. The van der Waals surface area contributed by atoms with Gasteiger partial charge in [0.05, 0.1) is 16.8 Å². The van der Waals surface area contributed by atoms with E-state index in [0.29, 0.717) is 51.6 Å². The number of nitrogens with zero attached hydrogens (tertiary/aromatic N) is 4. The fourth-order valence-electron chi connectivity index (χ4n) is 4.36. The highest BCUT2D eigenvalue weighted by Gasteiger charge is 2.32. The summed E-state index contributed by atoms with van der Waals surface area (Å²) in [4.78, 5) is 26.3. The zero-order valence-corrected chi connectivity index (χ0v) is 18.7. The Morgan fingerprint density at radius 2 is 1.66 bits per heavy atom. The first-order valence-corrected chi connectivity index (χ1v) is 11.3. The van der Waals surface area contributed by atoms with Crippen LogP contribution in [-0.2, 0) is 11.0 Å². The molecule has 7 nitrogen and oxygen atoms in total. The Balaban J connectivity index is 1.26. The Hall–Kier alpha value is -3.31. The molecule has 1 saturated heterocycles. The predicted molar refractivity (Wildman–Crippen MR) is 117 cm³/mol. The van der Waals surface area contributed by atoms with Crippen molar-refractivity contribution in [2.75, 3.05) is 18.0 Å². The first kappa shape index (κ1) is 24.8. The van der Waals surface area contributed by atoms with Gasteiger partial charge in [-0.2, -0.15) is 13.2 Å². The lowest BCUT2D eigenvalue weighted by molar-refractivity contribution is -0.138.